The molecule has 0 N–H and O–H groups in total. The van der Waals surface area contributed by atoms with Crippen molar-refractivity contribution in [3.63, 3.8) is 0 Å². The maximum Gasteiger partial charge on any atom is 0.310 e. The van der Waals surface area contributed by atoms with Gasteiger partial charge in [-0.15, -0.1) is 0 Å². The second-order valence-corrected chi connectivity index (χ2v) is 11.1. The summed E-state index contributed by atoms with van der Waals surface area (Å²) in [5, 5.41) is 0.839. The van der Waals surface area contributed by atoms with E-state index in [1.165, 1.54) is 12.1 Å². The molecule has 0 unspecified atom stereocenters. The molecule has 1 aliphatic heterocycles. The van der Waals surface area contributed by atoms with Crippen LogP contribution in [0.25, 0.3) is 10.9 Å². The zero-order valence-electron chi connectivity index (χ0n) is 24.9. The third kappa shape index (κ3) is 5.88. The van der Waals surface area contributed by atoms with Crippen molar-refractivity contribution in [2.45, 2.75) is 33.0 Å². The van der Waals surface area contributed by atoms with E-state index in [1.54, 1.807) is 22.8 Å². The third-order valence-corrected chi connectivity index (χ3v) is 7.98. The molecule has 0 radical (unpaired) electrons. The van der Waals surface area contributed by atoms with Crippen molar-refractivity contribution >= 4 is 28.5 Å². The Morgan fingerprint density at radius 2 is 1.73 bits per heavy atom. The zero-order chi connectivity index (χ0) is 30.8. The predicted octanol–water partition coefficient (Wildman–Crippen LogP) is 6.65. The second kappa shape index (κ2) is 12.2. The first-order chi connectivity index (χ1) is 21.3. The number of nitrogens with zero attached hydrogens (tertiary/aromatic N) is 2. The third-order valence-electron chi connectivity index (χ3n) is 7.98. The van der Waals surface area contributed by atoms with E-state index in [2.05, 4.69) is 0 Å². The molecule has 8 heteroatoms. The summed E-state index contributed by atoms with van der Waals surface area (Å²) in [4.78, 5) is 28.8. The number of rotatable bonds is 8. The van der Waals surface area contributed by atoms with Gasteiger partial charge in [-0.25, -0.2) is 4.39 Å². The van der Waals surface area contributed by atoms with Crippen LogP contribution in [0.5, 0.6) is 11.5 Å². The summed E-state index contributed by atoms with van der Waals surface area (Å²) in [5.41, 5.74) is 5.22. The molecule has 44 heavy (non-hydrogen) atoms. The van der Waals surface area contributed by atoms with E-state index in [4.69, 9.17) is 14.2 Å². The molecule has 0 bridgehead atoms. The Kier molecular flexibility index (Phi) is 8.07. The van der Waals surface area contributed by atoms with Crippen molar-refractivity contribution in [3.8, 4) is 11.5 Å². The lowest BCUT2D eigenvalue weighted by atomic mass is 10.1. The highest BCUT2D eigenvalue weighted by Crippen LogP contribution is 2.33. The first-order valence-corrected chi connectivity index (χ1v) is 14.5. The SMILES string of the molecule is Cc1cc(OC[C@@H]2CN(C)c3ccc(F)cc3O2)ccc1C(=O)n1c(C)c(CC(=O)OCc2ccccc2)c2ccccc21. The van der Waals surface area contributed by atoms with Crippen LogP contribution in [0.3, 0.4) is 0 Å². The van der Waals surface area contributed by atoms with E-state index in [-0.39, 0.29) is 43.4 Å². The normalized spacial score (nSPS) is 14.2. The molecule has 0 saturated carbocycles. The smallest absolute Gasteiger partial charge is 0.310 e. The van der Waals surface area contributed by atoms with Gasteiger partial charge in [-0.1, -0.05) is 48.5 Å². The predicted molar refractivity (Wildman–Crippen MR) is 167 cm³/mol. The Morgan fingerprint density at radius 3 is 2.52 bits per heavy atom. The van der Waals surface area contributed by atoms with Gasteiger partial charge in [-0.05, 0) is 66.9 Å². The van der Waals surface area contributed by atoms with Crippen molar-refractivity contribution in [3.05, 3.63) is 125 Å². The van der Waals surface area contributed by atoms with Crippen LogP contribution in [0.2, 0.25) is 0 Å². The summed E-state index contributed by atoms with van der Waals surface area (Å²) in [6.07, 6.45) is -0.233. The Bertz CT molecular complexity index is 1850. The van der Waals surface area contributed by atoms with Crippen LogP contribution >= 0.6 is 0 Å². The topological polar surface area (TPSA) is 70.0 Å². The highest BCUT2D eigenvalue weighted by molar-refractivity contribution is 6.05. The molecule has 224 valence electrons. The van der Waals surface area contributed by atoms with Gasteiger partial charge in [0, 0.05) is 29.8 Å². The number of halogens is 1. The van der Waals surface area contributed by atoms with E-state index in [0.29, 0.717) is 29.3 Å². The molecule has 1 aliphatic rings. The molecule has 0 spiro atoms. The number of aryl methyl sites for hydroxylation is 1. The molecular weight excluding hydrogens is 559 g/mol. The summed E-state index contributed by atoms with van der Waals surface area (Å²) < 4.78 is 33.0. The minimum absolute atomic E-state index is 0.0563. The molecule has 6 rings (SSSR count). The van der Waals surface area contributed by atoms with Gasteiger partial charge in [0.15, 0.2) is 0 Å². The molecule has 4 aromatic carbocycles. The molecule has 5 aromatic rings. The van der Waals surface area contributed by atoms with Gasteiger partial charge < -0.3 is 19.1 Å². The van der Waals surface area contributed by atoms with Crippen molar-refractivity contribution in [1.29, 1.82) is 0 Å². The second-order valence-electron chi connectivity index (χ2n) is 11.1. The van der Waals surface area contributed by atoms with Crippen molar-refractivity contribution in [2.75, 3.05) is 25.1 Å². The number of anilines is 1. The summed E-state index contributed by atoms with van der Waals surface area (Å²) in [6.45, 7) is 4.77. The van der Waals surface area contributed by atoms with Crippen LogP contribution in [-0.2, 0) is 22.6 Å². The minimum Gasteiger partial charge on any atom is -0.490 e. The molecule has 0 amide bonds. The maximum absolute atomic E-state index is 14.0. The van der Waals surface area contributed by atoms with Gasteiger partial charge in [0.25, 0.3) is 5.91 Å². The number of aromatic nitrogens is 1. The van der Waals surface area contributed by atoms with Crippen LogP contribution < -0.4 is 14.4 Å². The number of hydrogen-bond acceptors (Lipinski definition) is 6. The van der Waals surface area contributed by atoms with Crippen LogP contribution in [0.4, 0.5) is 10.1 Å². The van der Waals surface area contributed by atoms with Crippen LogP contribution in [0, 0.1) is 19.7 Å². The lowest BCUT2D eigenvalue weighted by Gasteiger charge is -2.33. The Hall–Kier alpha value is -5.11. The molecule has 7 nitrogen and oxygen atoms in total. The summed E-state index contributed by atoms with van der Waals surface area (Å²) >= 11 is 0. The zero-order valence-corrected chi connectivity index (χ0v) is 24.9. The number of ether oxygens (including phenoxy) is 3. The van der Waals surface area contributed by atoms with Gasteiger partial charge in [0.2, 0.25) is 0 Å². The van der Waals surface area contributed by atoms with Gasteiger partial charge in [-0.2, -0.15) is 0 Å². The number of esters is 1. The fourth-order valence-electron chi connectivity index (χ4n) is 5.73. The first kappa shape index (κ1) is 29.0. The Labute approximate surface area is 255 Å². The largest absolute Gasteiger partial charge is 0.490 e. The lowest BCUT2D eigenvalue weighted by Crippen LogP contribution is -2.41. The number of hydrogen-bond donors (Lipinski definition) is 0. The number of carbonyl (C=O) groups is 2. The van der Waals surface area contributed by atoms with Crippen molar-refractivity contribution in [1.82, 2.24) is 4.57 Å². The highest BCUT2D eigenvalue weighted by Gasteiger charge is 2.26. The highest BCUT2D eigenvalue weighted by atomic mass is 19.1. The summed E-state index contributed by atoms with van der Waals surface area (Å²) in [5.74, 6) is 0.193. The Balaban J connectivity index is 1.17. The molecule has 0 saturated heterocycles. The minimum atomic E-state index is -0.355. The monoisotopic (exact) mass is 592 g/mol. The van der Waals surface area contributed by atoms with Gasteiger partial charge in [0.1, 0.15) is 36.6 Å². The Morgan fingerprint density at radius 1 is 0.955 bits per heavy atom. The van der Waals surface area contributed by atoms with E-state index in [9.17, 15) is 14.0 Å². The van der Waals surface area contributed by atoms with Crippen molar-refractivity contribution < 1.29 is 28.2 Å². The molecule has 1 atom stereocenters. The van der Waals surface area contributed by atoms with Gasteiger partial charge in [-0.3, -0.25) is 14.2 Å². The molecule has 2 heterocycles. The molecule has 1 aromatic heterocycles. The van der Waals surface area contributed by atoms with Crippen LogP contribution in [-0.4, -0.2) is 42.7 Å². The van der Waals surface area contributed by atoms with Gasteiger partial charge in [0.05, 0.1) is 24.2 Å². The molecule has 0 aliphatic carbocycles. The van der Waals surface area contributed by atoms with E-state index in [1.807, 2.05) is 86.5 Å². The number of para-hydroxylation sites is 1. The van der Waals surface area contributed by atoms with Gasteiger partial charge >= 0.3 is 5.97 Å². The average Bonchev–Trinajstić information content (AvgIpc) is 3.29. The molecular formula is C36H33FN2O5. The number of benzene rings is 4. The van der Waals surface area contributed by atoms with E-state index < -0.39 is 0 Å². The quantitative estimate of drug-likeness (QED) is 0.188. The standard InChI is InChI=1S/C36H33FN2O5/c1-23-17-27(42-22-28-20-38(3)33-16-13-26(37)18-34(33)44-28)14-15-29(23)36(41)39-24(2)31(30-11-7-8-12-32(30)39)19-35(40)43-21-25-9-5-4-6-10-25/h4-18,28H,19-22H2,1-3H3/t28-/m0/s1. The maximum atomic E-state index is 14.0. The molecule has 0 fully saturated rings. The van der Waals surface area contributed by atoms with Crippen LogP contribution in [0.15, 0.2) is 91.0 Å². The summed E-state index contributed by atoms with van der Waals surface area (Å²) in [7, 11) is 1.93. The number of fused-ring (bicyclic) bond motifs is 2. The number of carbonyl (C=O) groups excluding carboxylic acids is 2. The fraction of sp³-hybridized carbons (Fsp3) is 0.222. The lowest BCUT2D eigenvalue weighted by molar-refractivity contribution is -0.144. The number of likely N-dealkylation sites (N-methyl/N-ethyl adjacent to an activating group) is 1. The van der Waals surface area contributed by atoms with E-state index in [0.717, 1.165) is 33.3 Å². The summed E-state index contributed by atoms with van der Waals surface area (Å²) in [6, 6.07) is 27.0. The first-order valence-electron chi connectivity index (χ1n) is 14.5. The average molecular weight is 593 g/mol. The fourth-order valence-corrected chi connectivity index (χ4v) is 5.73. The van der Waals surface area contributed by atoms with Crippen molar-refractivity contribution in [2.24, 2.45) is 0 Å². The van der Waals surface area contributed by atoms with Crippen LogP contribution in [0.1, 0.15) is 32.7 Å². The van der Waals surface area contributed by atoms with E-state index >= 15 is 0 Å².